The molecule has 0 atom stereocenters. The van der Waals surface area contributed by atoms with Gasteiger partial charge < -0.3 is 5.32 Å². The molecule has 0 saturated heterocycles. The van der Waals surface area contributed by atoms with E-state index in [9.17, 15) is 23.3 Å². The van der Waals surface area contributed by atoms with E-state index in [1.807, 2.05) is 0 Å². The quantitative estimate of drug-likeness (QED) is 0.593. The average Bonchev–Trinajstić information content (AvgIpc) is 2.55. The van der Waals surface area contributed by atoms with E-state index < -0.39 is 20.9 Å². The standard InChI is InChI=1S/C17H19N3O5S/c1-11(2)19-26(24,25)15-8-5-13(6-9-15)17(21)18-16-10-14(20(22)23)7-4-12(16)3/h4-11,19H,1-3H3,(H,18,21). The normalized spacial score (nSPS) is 11.4. The third-order valence-corrected chi connectivity index (χ3v) is 5.17. The molecule has 2 rings (SSSR count). The predicted molar refractivity (Wildman–Crippen MR) is 97.7 cm³/mol. The summed E-state index contributed by atoms with van der Waals surface area (Å²) in [6.07, 6.45) is 0. The fourth-order valence-corrected chi connectivity index (χ4v) is 3.47. The Morgan fingerprint density at radius 1 is 1.12 bits per heavy atom. The summed E-state index contributed by atoms with van der Waals surface area (Å²) in [6, 6.07) is 9.36. The Morgan fingerprint density at radius 2 is 1.73 bits per heavy atom. The lowest BCUT2D eigenvalue weighted by atomic mass is 10.1. The maximum absolute atomic E-state index is 12.3. The van der Waals surface area contributed by atoms with Crippen molar-refractivity contribution >= 4 is 27.3 Å². The molecule has 0 aliphatic rings. The minimum atomic E-state index is -3.64. The van der Waals surface area contributed by atoms with Gasteiger partial charge in [-0.3, -0.25) is 14.9 Å². The van der Waals surface area contributed by atoms with E-state index in [-0.39, 0.29) is 22.2 Å². The van der Waals surface area contributed by atoms with Gasteiger partial charge in [-0.2, -0.15) is 0 Å². The van der Waals surface area contributed by atoms with E-state index >= 15 is 0 Å². The van der Waals surface area contributed by atoms with Crippen LogP contribution < -0.4 is 10.0 Å². The van der Waals surface area contributed by atoms with Gasteiger partial charge in [-0.25, -0.2) is 13.1 Å². The molecule has 0 aromatic heterocycles. The third kappa shape index (κ3) is 4.64. The highest BCUT2D eigenvalue weighted by Gasteiger charge is 2.17. The number of sulfonamides is 1. The van der Waals surface area contributed by atoms with Crippen LogP contribution in [0, 0.1) is 17.0 Å². The monoisotopic (exact) mass is 377 g/mol. The summed E-state index contributed by atoms with van der Waals surface area (Å²) < 4.78 is 26.6. The van der Waals surface area contributed by atoms with E-state index in [0.717, 1.165) is 0 Å². The zero-order valence-corrected chi connectivity index (χ0v) is 15.3. The van der Waals surface area contributed by atoms with Crippen LogP contribution in [-0.4, -0.2) is 25.3 Å². The van der Waals surface area contributed by atoms with Crippen molar-refractivity contribution in [3.8, 4) is 0 Å². The van der Waals surface area contributed by atoms with Crippen molar-refractivity contribution < 1.29 is 18.1 Å². The second-order valence-electron chi connectivity index (χ2n) is 6.01. The molecule has 0 aliphatic heterocycles. The minimum Gasteiger partial charge on any atom is -0.321 e. The van der Waals surface area contributed by atoms with Gasteiger partial charge >= 0.3 is 0 Å². The van der Waals surface area contributed by atoms with E-state index in [2.05, 4.69) is 10.0 Å². The molecule has 0 unspecified atom stereocenters. The van der Waals surface area contributed by atoms with Gasteiger partial charge in [0.15, 0.2) is 0 Å². The number of nitro benzene ring substituents is 1. The van der Waals surface area contributed by atoms with Crippen molar-refractivity contribution in [2.45, 2.75) is 31.7 Å². The molecule has 0 bridgehead atoms. The van der Waals surface area contributed by atoms with Crippen molar-refractivity contribution in [3.63, 3.8) is 0 Å². The zero-order chi connectivity index (χ0) is 19.5. The number of hydrogen-bond acceptors (Lipinski definition) is 5. The molecule has 9 heteroatoms. The molecule has 0 aliphatic carbocycles. The predicted octanol–water partition coefficient (Wildman–Crippen LogP) is 2.84. The summed E-state index contributed by atoms with van der Waals surface area (Å²) in [5.74, 6) is -0.491. The van der Waals surface area contributed by atoms with Gasteiger partial charge in [0.2, 0.25) is 10.0 Å². The molecule has 0 fully saturated rings. The van der Waals surface area contributed by atoms with Crippen molar-refractivity contribution in [1.82, 2.24) is 4.72 Å². The summed E-state index contributed by atoms with van der Waals surface area (Å²) in [4.78, 5) is 22.7. The second kappa shape index (κ2) is 7.63. The Balaban J connectivity index is 2.21. The van der Waals surface area contributed by atoms with Crippen LogP contribution in [0.5, 0.6) is 0 Å². The average molecular weight is 377 g/mol. The number of nitrogens with one attached hydrogen (secondary N) is 2. The Kier molecular flexibility index (Phi) is 5.73. The minimum absolute atomic E-state index is 0.0503. The van der Waals surface area contributed by atoms with Crippen LogP contribution in [0.4, 0.5) is 11.4 Å². The third-order valence-electron chi connectivity index (χ3n) is 3.50. The first kappa shape index (κ1) is 19.5. The van der Waals surface area contributed by atoms with Gasteiger partial charge in [0.1, 0.15) is 0 Å². The molecule has 2 aromatic carbocycles. The highest BCUT2D eigenvalue weighted by atomic mass is 32.2. The number of nitrogens with zero attached hydrogens (tertiary/aromatic N) is 1. The molecule has 0 heterocycles. The summed E-state index contributed by atoms with van der Waals surface area (Å²) in [6.45, 7) is 5.13. The summed E-state index contributed by atoms with van der Waals surface area (Å²) in [5.41, 5.74) is 1.10. The Morgan fingerprint density at radius 3 is 2.27 bits per heavy atom. The lowest BCUT2D eigenvalue weighted by Gasteiger charge is -2.11. The van der Waals surface area contributed by atoms with Gasteiger partial charge in [0, 0.05) is 23.7 Å². The molecule has 1 amide bonds. The van der Waals surface area contributed by atoms with Gasteiger partial charge in [-0.05, 0) is 50.6 Å². The van der Waals surface area contributed by atoms with Crippen LogP contribution in [0.2, 0.25) is 0 Å². The molecule has 8 nitrogen and oxygen atoms in total. The Labute approximate surface area is 151 Å². The second-order valence-corrected chi connectivity index (χ2v) is 7.72. The SMILES string of the molecule is Cc1ccc([N+](=O)[O-])cc1NC(=O)c1ccc(S(=O)(=O)NC(C)C)cc1. The molecule has 26 heavy (non-hydrogen) atoms. The highest BCUT2D eigenvalue weighted by molar-refractivity contribution is 7.89. The molecule has 138 valence electrons. The maximum atomic E-state index is 12.3. The number of carbonyl (C=O) groups excluding carboxylic acids is 1. The zero-order valence-electron chi connectivity index (χ0n) is 14.5. The number of aryl methyl sites for hydroxylation is 1. The maximum Gasteiger partial charge on any atom is 0.271 e. The molecule has 2 N–H and O–H groups in total. The topological polar surface area (TPSA) is 118 Å². The number of benzene rings is 2. The van der Waals surface area contributed by atoms with Crippen molar-refractivity contribution in [2.75, 3.05) is 5.32 Å². The first-order valence-electron chi connectivity index (χ1n) is 7.79. The van der Waals surface area contributed by atoms with E-state index in [4.69, 9.17) is 0 Å². The van der Waals surface area contributed by atoms with Gasteiger partial charge in [0.25, 0.3) is 11.6 Å². The fraction of sp³-hybridized carbons (Fsp3) is 0.235. The largest absolute Gasteiger partial charge is 0.321 e. The smallest absolute Gasteiger partial charge is 0.271 e. The number of rotatable bonds is 6. The van der Waals surface area contributed by atoms with E-state index in [1.165, 1.54) is 36.4 Å². The first-order valence-corrected chi connectivity index (χ1v) is 9.27. The molecule has 0 saturated carbocycles. The van der Waals surface area contributed by atoms with Gasteiger partial charge in [0.05, 0.1) is 15.5 Å². The molecule has 0 spiro atoms. The first-order chi connectivity index (χ1) is 12.1. The van der Waals surface area contributed by atoms with Crippen LogP contribution >= 0.6 is 0 Å². The van der Waals surface area contributed by atoms with Crippen LogP contribution in [0.3, 0.4) is 0 Å². The van der Waals surface area contributed by atoms with Crippen molar-refractivity contribution in [2.24, 2.45) is 0 Å². The van der Waals surface area contributed by atoms with Crippen molar-refractivity contribution in [1.29, 1.82) is 0 Å². The molecule has 2 aromatic rings. The summed E-state index contributed by atoms with van der Waals surface area (Å²) in [7, 11) is -3.64. The lowest BCUT2D eigenvalue weighted by Crippen LogP contribution is -2.30. The van der Waals surface area contributed by atoms with Crippen LogP contribution in [-0.2, 0) is 10.0 Å². The van der Waals surface area contributed by atoms with Crippen molar-refractivity contribution in [3.05, 3.63) is 63.7 Å². The molecular formula is C17H19N3O5S. The van der Waals surface area contributed by atoms with Crippen LogP contribution in [0.15, 0.2) is 47.4 Å². The Bertz CT molecular complexity index is 937. The number of hydrogen-bond donors (Lipinski definition) is 2. The number of non-ortho nitro benzene ring substituents is 1. The van der Waals surface area contributed by atoms with Crippen LogP contribution in [0.1, 0.15) is 29.8 Å². The summed E-state index contributed by atoms with van der Waals surface area (Å²) in [5, 5.41) is 13.5. The summed E-state index contributed by atoms with van der Waals surface area (Å²) >= 11 is 0. The number of anilines is 1. The lowest BCUT2D eigenvalue weighted by molar-refractivity contribution is -0.384. The fourth-order valence-electron chi connectivity index (χ4n) is 2.22. The van der Waals surface area contributed by atoms with E-state index in [1.54, 1.807) is 26.8 Å². The van der Waals surface area contributed by atoms with Gasteiger partial charge in [-0.15, -0.1) is 0 Å². The van der Waals surface area contributed by atoms with Gasteiger partial charge in [-0.1, -0.05) is 6.07 Å². The van der Waals surface area contributed by atoms with Crippen LogP contribution in [0.25, 0.3) is 0 Å². The highest BCUT2D eigenvalue weighted by Crippen LogP contribution is 2.22. The number of nitro groups is 1. The molecular weight excluding hydrogens is 358 g/mol. The number of amides is 1. The number of carbonyl (C=O) groups is 1. The molecule has 0 radical (unpaired) electrons. The Hall–Kier alpha value is -2.78. The van der Waals surface area contributed by atoms with E-state index in [0.29, 0.717) is 11.3 Å².